The lowest BCUT2D eigenvalue weighted by Crippen LogP contribution is -2.40. The number of hydrogen-bond donors (Lipinski definition) is 1. The number of nitrogens with one attached hydrogen (secondary N) is 1. The third-order valence-electron chi connectivity index (χ3n) is 3.15. The van der Waals surface area contributed by atoms with Gasteiger partial charge in [0.25, 0.3) is 0 Å². The average molecular weight is 252 g/mol. The minimum Gasteiger partial charge on any atom is -0.444 e. The molecule has 0 bridgehead atoms. The lowest BCUT2D eigenvalue weighted by atomic mass is 10.1. The zero-order valence-corrected chi connectivity index (χ0v) is 11.7. The van der Waals surface area contributed by atoms with Crippen LogP contribution in [0.4, 0.5) is 4.79 Å². The second-order valence-corrected chi connectivity index (χ2v) is 6.19. The number of carbonyl (C=O) groups excluding carboxylic acids is 1. The molecule has 4 heteroatoms. The Morgan fingerprint density at radius 2 is 2.22 bits per heavy atom. The fourth-order valence-corrected chi connectivity index (χ4v) is 1.93. The highest BCUT2D eigenvalue weighted by molar-refractivity contribution is 5.68. The van der Waals surface area contributed by atoms with Crippen LogP contribution in [-0.2, 0) is 4.74 Å². The van der Waals surface area contributed by atoms with Crippen LogP contribution >= 0.6 is 0 Å². The van der Waals surface area contributed by atoms with Crippen molar-refractivity contribution < 1.29 is 9.53 Å². The molecule has 1 amide bonds. The molecule has 4 nitrogen and oxygen atoms in total. The first-order chi connectivity index (χ1) is 8.44. The topological polar surface area (TPSA) is 41.6 Å². The van der Waals surface area contributed by atoms with Gasteiger partial charge in [-0.05, 0) is 40.0 Å². The van der Waals surface area contributed by atoms with Gasteiger partial charge in [0.15, 0.2) is 0 Å². The minimum atomic E-state index is -0.408. The molecule has 2 rings (SSSR count). The van der Waals surface area contributed by atoms with Crippen LogP contribution in [-0.4, -0.2) is 42.3 Å². The summed E-state index contributed by atoms with van der Waals surface area (Å²) >= 11 is 0. The molecule has 2 aliphatic rings. The van der Waals surface area contributed by atoms with Crippen molar-refractivity contribution in [2.24, 2.45) is 0 Å². The first-order valence-corrected chi connectivity index (χ1v) is 6.83. The smallest absolute Gasteiger partial charge is 0.410 e. The summed E-state index contributed by atoms with van der Waals surface area (Å²) in [7, 11) is 0. The fraction of sp³-hybridized carbons (Fsp3) is 0.786. The van der Waals surface area contributed by atoms with Crippen molar-refractivity contribution >= 4 is 6.09 Å². The normalized spacial score (nSPS) is 20.6. The first-order valence-electron chi connectivity index (χ1n) is 6.83. The second-order valence-electron chi connectivity index (χ2n) is 6.19. The van der Waals surface area contributed by atoms with Crippen molar-refractivity contribution in [3.05, 3.63) is 11.6 Å². The molecule has 0 aromatic rings. The van der Waals surface area contributed by atoms with E-state index in [2.05, 4.69) is 11.4 Å². The molecule has 0 spiro atoms. The van der Waals surface area contributed by atoms with Gasteiger partial charge in [-0.15, -0.1) is 0 Å². The van der Waals surface area contributed by atoms with Gasteiger partial charge < -0.3 is 15.0 Å². The van der Waals surface area contributed by atoms with E-state index in [0.29, 0.717) is 6.54 Å². The molecule has 1 heterocycles. The van der Waals surface area contributed by atoms with E-state index in [9.17, 15) is 4.79 Å². The van der Waals surface area contributed by atoms with Crippen LogP contribution in [0.3, 0.4) is 0 Å². The Balaban J connectivity index is 1.75. The maximum atomic E-state index is 11.9. The highest BCUT2D eigenvalue weighted by Crippen LogP contribution is 2.20. The summed E-state index contributed by atoms with van der Waals surface area (Å²) in [5.41, 5.74) is 1.01. The molecule has 0 atom stereocenters. The van der Waals surface area contributed by atoms with Crippen molar-refractivity contribution in [2.45, 2.75) is 51.7 Å². The van der Waals surface area contributed by atoms with Crippen LogP contribution in [0.2, 0.25) is 0 Å². The van der Waals surface area contributed by atoms with E-state index in [1.54, 1.807) is 4.90 Å². The van der Waals surface area contributed by atoms with Crippen LogP contribution in [0.5, 0.6) is 0 Å². The van der Waals surface area contributed by atoms with Gasteiger partial charge in [-0.1, -0.05) is 11.6 Å². The zero-order chi connectivity index (χ0) is 13.2. The van der Waals surface area contributed by atoms with E-state index in [1.165, 1.54) is 18.4 Å². The molecule has 1 fully saturated rings. The van der Waals surface area contributed by atoms with Gasteiger partial charge in [0.1, 0.15) is 5.60 Å². The van der Waals surface area contributed by atoms with E-state index in [1.807, 2.05) is 20.8 Å². The molecule has 0 saturated heterocycles. The molecule has 0 aromatic carbocycles. The minimum absolute atomic E-state index is 0.201. The molecular weight excluding hydrogens is 228 g/mol. The summed E-state index contributed by atoms with van der Waals surface area (Å²) in [6.07, 6.45) is 5.55. The van der Waals surface area contributed by atoms with E-state index in [-0.39, 0.29) is 6.09 Å². The molecule has 1 N–H and O–H groups in total. The Kier molecular flexibility index (Phi) is 3.95. The Morgan fingerprint density at radius 1 is 1.50 bits per heavy atom. The van der Waals surface area contributed by atoms with Gasteiger partial charge in [-0.25, -0.2) is 4.79 Å². The van der Waals surface area contributed by atoms with Gasteiger partial charge in [0.2, 0.25) is 0 Å². The highest BCUT2D eigenvalue weighted by Gasteiger charge is 2.24. The monoisotopic (exact) mass is 252 g/mol. The number of rotatable bonds is 3. The number of carbonyl (C=O) groups is 1. The maximum Gasteiger partial charge on any atom is 0.410 e. The summed E-state index contributed by atoms with van der Waals surface area (Å²) in [4.78, 5) is 13.6. The molecule has 1 saturated carbocycles. The number of hydrogen-bond acceptors (Lipinski definition) is 3. The molecule has 102 valence electrons. The molecule has 18 heavy (non-hydrogen) atoms. The van der Waals surface area contributed by atoms with Crippen molar-refractivity contribution in [1.82, 2.24) is 10.2 Å². The quantitative estimate of drug-likeness (QED) is 0.784. The summed E-state index contributed by atoms with van der Waals surface area (Å²) < 4.78 is 5.36. The predicted molar refractivity (Wildman–Crippen MR) is 71.5 cm³/mol. The first kappa shape index (κ1) is 13.4. The number of nitrogens with zero attached hydrogens (tertiary/aromatic N) is 1. The Bertz CT molecular complexity index is 340. The van der Waals surface area contributed by atoms with Gasteiger partial charge in [0.05, 0.1) is 0 Å². The van der Waals surface area contributed by atoms with E-state index in [4.69, 9.17) is 4.74 Å². The lowest BCUT2D eigenvalue weighted by Gasteiger charge is -2.29. The van der Waals surface area contributed by atoms with Gasteiger partial charge >= 0.3 is 6.09 Å². The molecular formula is C14H24N2O2. The lowest BCUT2D eigenvalue weighted by molar-refractivity contribution is 0.0265. The Hall–Kier alpha value is -1.03. The standard InChI is InChI=1S/C14H24N2O2/c1-14(2,3)18-13(17)16-8-6-11(7-9-16)10-15-12-4-5-12/h6,12,15H,4-5,7-10H2,1-3H3. The van der Waals surface area contributed by atoms with E-state index in [0.717, 1.165) is 25.6 Å². The molecule has 1 aliphatic heterocycles. The number of amides is 1. The third kappa shape index (κ3) is 4.33. The molecule has 0 radical (unpaired) electrons. The van der Waals surface area contributed by atoms with E-state index < -0.39 is 5.60 Å². The van der Waals surface area contributed by atoms with Crippen LogP contribution in [0.15, 0.2) is 11.6 Å². The number of ether oxygens (including phenoxy) is 1. The van der Waals surface area contributed by atoms with Crippen LogP contribution in [0.25, 0.3) is 0 Å². The predicted octanol–water partition coefficient (Wildman–Crippen LogP) is 2.31. The van der Waals surface area contributed by atoms with Crippen LogP contribution in [0.1, 0.15) is 40.0 Å². The van der Waals surface area contributed by atoms with E-state index >= 15 is 0 Å². The summed E-state index contributed by atoms with van der Waals surface area (Å²) in [5.74, 6) is 0. The van der Waals surface area contributed by atoms with Gasteiger partial charge in [-0.2, -0.15) is 0 Å². The Labute approximate surface area is 109 Å². The van der Waals surface area contributed by atoms with Crippen molar-refractivity contribution in [2.75, 3.05) is 19.6 Å². The van der Waals surface area contributed by atoms with Crippen molar-refractivity contribution in [1.29, 1.82) is 0 Å². The summed E-state index contributed by atoms with van der Waals surface area (Å²) in [6, 6.07) is 0.745. The van der Waals surface area contributed by atoms with Crippen LogP contribution in [0, 0.1) is 0 Å². The van der Waals surface area contributed by atoms with Gasteiger partial charge in [-0.3, -0.25) is 0 Å². The molecule has 1 aliphatic carbocycles. The fourth-order valence-electron chi connectivity index (χ4n) is 1.93. The highest BCUT2D eigenvalue weighted by atomic mass is 16.6. The zero-order valence-electron chi connectivity index (χ0n) is 11.7. The average Bonchev–Trinajstić information content (AvgIpc) is 3.08. The largest absolute Gasteiger partial charge is 0.444 e. The molecule has 0 aromatic heterocycles. The second kappa shape index (κ2) is 5.31. The summed E-state index contributed by atoms with van der Waals surface area (Å²) in [6.45, 7) is 8.12. The molecule has 0 unspecified atom stereocenters. The third-order valence-corrected chi connectivity index (χ3v) is 3.15. The Morgan fingerprint density at radius 3 is 2.72 bits per heavy atom. The van der Waals surface area contributed by atoms with Crippen molar-refractivity contribution in [3.63, 3.8) is 0 Å². The summed E-state index contributed by atoms with van der Waals surface area (Å²) in [5, 5.41) is 3.51. The SMILES string of the molecule is CC(C)(C)OC(=O)N1CC=C(CNC2CC2)CC1. The van der Waals surface area contributed by atoms with Gasteiger partial charge in [0, 0.05) is 25.7 Å². The van der Waals surface area contributed by atoms with Crippen molar-refractivity contribution in [3.8, 4) is 0 Å². The van der Waals surface area contributed by atoms with Crippen LogP contribution < -0.4 is 5.32 Å². The maximum absolute atomic E-state index is 11.9.